The van der Waals surface area contributed by atoms with Gasteiger partial charge in [0, 0.05) is 46.0 Å². The van der Waals surface area contributed by atoms with E-state index in [0.29, 0.717) is 31.5 Å². The predicted molar refractivity (Wildman–Crippen MR) is 108 cm³/mol. The van der Waals surface area contributed by atoms with E-state index in [2.05, 4.69) is 27.5 Å². The number of rotatable bonds is 8. The number of hydrogen-bond donors (Lipinski definition) is 2. The van der Waals surface area contributed by atoms with E-state index in [1.165, 1.54) is 0 Å². The van der Waals surface area contributed by atoms with Crippen molar-refractivity contribution in [3.05, 3.63) is 23.9 Å². The molecule has 7 heteroatoms. The molecule has 1 aromatic rings. The summed E-state index contributed by atoms with van der Waals surface area (Å²) in [5, 5.41) is 6.66. The molecule has 27 heavy (non-hydrogen) atoms. The van der Waals surface area contributed by atoms with Crippen molar-refractivity contribution in [3.63, 3.8) is 0 Å². The number of aliphatic imine (C=N–C) groups is 1. The molecule has 0 aliphatic heterocycles. The van der Waals surface area contributed by atoms with Gasteiger partial charge in [-0.2, -0.15) is 0 Å². The second-order valence-electron chi connectivity index (χ2n) is 7.28. The van der Waals surface area contributed by atoms with Crippen LogP contribution in [-0.4, -0.2) is 56.0 Å². The van der Waals surface area contributed by atoms with Gasteiger partial charge in [0.05, 0.1) is 12.0 Å². The molecule has 1 saturated carbocycles. The Bertz CT molecular complexity index is 639. The molecule has 0 atom stereocenters. The van der Waals surface area contributed by atoms with E-state index < -0.39 is 0 Å². The zero-order valence-corrected chi connectivity index (χ0v) is 17.0. The van der Waals surface area contributed by atoms with E-state index in [-0.39, 0.29) is 11.3 Å². The molecule has 1 amide bonds. The molecule has 1 fully saturated rings. The van der Waals surface area contributed by atoms with Crippen LogP contribution in [0.4, 0.5) is 0 Å². The third-order valence-corrected chi connectivity index (χ3v) is 4.98. The Morgan fingerprint density at radius 1 is 1.33 bits per heavy atom. The number of nitrogens with one attached hydrogen (secondary N) is 2. The first-order valence-corrected chi connectivity index (χ1v) is 9.75. The molecule has 1 aliphatic carbocycles. The number of carbonyl (C=O) groups is 1. The third-order valence-electron chi connectivity index (χ3n) is 4.98. The predicted octanol–water partition coefficient (Wildman–Crippen LogP) is 2.18. The molecule has 2 N–H and O–H groups in total. The lowest BCUT2D eigenvalue weighted by Gasteiger charge is -2.31. The van der Waals surface area contributed by atoms with Crippen molar-refractivity contribution < 1.29 is 9.53 Å². The Kier molecular flexibility index (Phi) is 7.88. The van der Waals surface area contributed by atoms with E-state index in [4.69, 9.17) is 4.74 Å². The fourth-order valence-corrected chi connectivity index (χ4v) is 3.53. The van der Waals surface area contributed by atoms with Crippen LogP contribution in [0.15, 0.2) is 23.3 Å². The Morgan fingerprint density at radius 2 is 2.07 bits per heavy atom. The fourth-order valence-electron chi connectivity index (χ4n) is 3.53. The topological polar surface area (TPSA) is 78.8 Å². The average molecular weight is 376 g/mol. The van der Waals surface area contributed by atoms with Gasteiger partial charge in [-0.1, -0.05) is 25.8 Å². The van der Waals surface area contributed by atoms with Crippen LogP contribution in [0.3, 0.4) is 0 Å². The largest absolute Gasteiger partial charge is 0.477 e. The minimum absolute atomic E-state index is 0.200. The van der Waals surface area contributed by atoms with Crippen molar-refractivity contribution in [2.45, 2.75) is 45.6 Å². The van der Waals surface area contributed by atoms with Crippen LogP contribution in [0.2, 0.25) is 0 Å². The molecule has 2 rings (SSSR count). The lowest BCUT2D eigenvalue weighted by atomic mass is 9.84. The maximum absolute atomic E-state index is 12.7. The van der Waals surface area contributed by atoms with Crippen LogP contribution in [0.25, 0.3) is 0 Å². The summed E-state index contributed by atoms with van der Waals surface area (Å²) in [6, 6.07) is 3.89. The van der Waals surface area contributed by atoms with Crippen LogP contribution in [-0.2, 0) is 11.3 Å². The number of pyridine rings is 1. The lowest BCUT2D eigenvalue weighted by Crippen LogP contribution is -2.49. The number of amides is 1. The summed E-state index contributed by atoms with van der Waals surface area (Å²) in [5.41, 5.74) is 0.652. The molecule has 0 saturated heterocycles. The minimum Gasteiger partial charge on any atom is -0.477 e. The Morgan fingerprint density at radius 3 is 2.70 bits per heavy atom. The van der Waals surface area contributed by atoms with Crippen molar-refractivity contribution in [1.82, 2.24) is 20.5 Å². The van der Waals surface area contributed by atoms with Crippen molar-refractivity contribution in [3.8, 4) is 5.88 Å². The third kappa shape index (κ3) is 5.58. The van der Waals surface area contributed by atoms with Gasteiger partial charge in [-0.3, -0.25) is 9.79 Å². The summed E-state index contributed by atoms with van der Waals surface area (Å²) in [5.74, 6) is 1.53. The van der Waals surface area contributed by atoms with Gasteiger partial charge in [-0.15, -0.1) is 0 Å². The monoisotopic (exact) mass is 375 g/mol. The van der Waals surface area contributed by atoms with E-state index in [1.807, 2.05) is 26.2 Å². The van der Waals surface area contributed by atoms with Gasteiger partial charge in [0.15, 0.2) is 5.96 Å². The second kappa shape index (κ2) is 10.1. The van der Waals surface area contributed by atoms with Crippen LogP contribution in [0, 0.1) is 5.41 Å². The lowest BCUT2D eigenvalue weighted by molar-refractivity contribution is -0.138. The second-order valence-corrected chi connectivity index (χ2v) is 7.28. The standard InChI is InChI=1S/C20H33N5O2/c1-5-13-27-17-16(9-8-12-22-17)14-23-19(21-2)24-15-20(10-6-7-11-20)18(26)25(3)4/h8-9,12H,5-7,10-11,13-15H2,1-4H3,(H2,21,23,24). The van der Waals surface area contributed by atoms with E-state index in [9.17, 15) is 4.79 Å². The highest BCUT2D eigenvalue weighted by Crippen LogP contribution is 2.38. The number of guanidine groups is 1. The van der Waals surface area contributed by atoms with Gasteiger partial charge in [-0.25, -0.2) is 4.98 Å². The van der Waals surface area contributed by atoms with Gasteiger partial charge >= 0.3 is 0 Å². The molecule has 0 aromatic carbocycles. The van der Waals surface area contributed by atoms with Crippen LogP contribution < -0.4 is 15.4 Å². The zero-order valence-electron chi connectivity index (χ0n) is 17.0. The maximum atomic E-state index is 12.7. The quantitative estimate of drug-likeness (QED) is 0.538. The highest BCUT2D eigenvalue weighted by molar-refractivity contribution is 5.85. The van der Waals surface area contributed by atoms with Gasteiger partial charge in [0.25, 0.3) is 0 Å². The molecule has 1 heterocycles. The molecule has 1 aliphatic rings. The Balaban J connectivity index is 1.95. The molecule has 0 spiro atoms. The summed E-state index contributed by atoms with van der Waals surface area (Å²) in [6.45, 7) is 3.86. The summed E-state index contributed by atoms with van der Waals surface area (Å²) in [7, 11) is 5.40. The Labute approximate surface area is 162 Å². The summed E-state index contributed by atoms with van der Waals surface area (Å²) in [6.07, 6.45) is 6.71. The highest BCUT2D eigenvalue weighted by Gasteiger charge is 2.42. The summed E-state index contributed by atoms with van der Waals surface area (Å²) in [4.78, 5) is 23.0. The molecule has 1 aromatic heterocycles. The van der Waals surface area contributed by atoms with Crippen molar-refractivity contribution in [1.29, 1.82) is 0 Å². The number of carbonyl (C=O) groups excluding carboxylic acids is 1. The molecule has 150 valence electrons. The SMILES string of the molecule is CCCOc1ncccc1CNC(=NC)NCC1(C(=O)N(C)C)CCCC1. The van der Waals surface area contributed by atoms with Crippen molar-refractivity contribution in [2.24, 2.45) is 10.4 Å². The number of nitrogens with zero attached hydrogens (tertiary/aromatic N) is 3. The van der Waals surface area contributed by atoms with E-state index in [0.717, 1.165) is 37.7 Å². The van der Waals surface area contributed by atoms with Gasteiger partial charge in [-0.05, 0) is 25.3 Å². The molecular formula is C20H33N5O2. The highest BCUT2D eigenvalue weighted by atomic mass is 16.5. The number of aromatic nitrogens is 1. The van der Waals surface area contributed by atoms with Crippen LogP contribution >= 0.6 is 0 Å². The first kappa shape index (κ1) is 21.0. The van der Waals surface area contributed by atoms with Crippen LogP contribution in [0.1, 0.15) is 44.6 Å². The average Bonchev–Trinajstić information content (AvgIpc) is 3.16. The molecular weight excluding hydrogens is 342 g/mol. The molecule has 0 unspecified atom stereocenters. The first-order valence-electron chi connectivity index (χ1n) is 9.75. The molecule has 0 radical (unpaired) electrons. The van der Waals surface area contributed by atoms with Gasteiger partial charge in [0.1, 0.15) is 0 Å². The molecule has 0 bridgehead atoms. The minimum atomic E-state index is -0.329. The van der Waals surface area contributed by atoms with E-state index >= 15 is 0 Å². The van der Waals surface area contributed by atoms with Crippen molar-refractivity contribution >= 4 is 11.9 Å². The first-order chi connectivity index (χ1) is 13.0. The fraction of sp³-hybridized carbons (Fsp3) is 0.650. The number of hydrogen-bond acceptors (Lipinski definition) is 4. The summed E-state index contributed by atoms with van der Waals surface area (Å²) >= 11 is 0. The smallest absolute Gasteiger partial charge is 0.230 e. The Hall–Kier alpha value is -2.31. The normalized spacial score (nSPS) is 16.1. The van der Waals surface area contributed by atoms with E-state index in [1.54, 1.807) is 18.1 Å². The van der Waals surface area contributed by atoms with Gasteiger partial charge < -0.3 is 20.3 Å². The van der Waals surface area contributed by atoms with Crippen LogP contribution in [0.5, 0.6) is 5.88 Å². The zero-order chi connectivity index (χ0) is 19.7. The van der Waals surface area contributed by atoms with Crippen molar-refractivity contribution in [2.75, 3.05) is 34.3 Å². The summed E-state index contributed by atoms with van der Waals surface area (Å²) < 4.78 is 5.71. The van der Waals surface area contributed by atoms with Gasteiger partial charge in [0.2, 0.25) is 11.8 Å². The molecule has 7 nitrogen and oxygen atoms in total. The number of ether oxygens (including phenoxy) is 1. The maximum Gasteiger partial charge on any atom is 0.230 e.